The van der Waals surface area contributed by atoms with Crippen LogP contribution in [0, 0.1) is 6.92 Å². The Morgan fingerprint density at radius 3 is 2.79 bits per heavy atom. The zero-order valence-electron chi connectivity index (χ0n) is 7.64. The van der Waals surface area contributed by atoms with Crippen LogP contribution in [-0.4, -0.2) is 18.0 Å². The average Bonchev–Trinajstić information content (AvgIpc) is 2.15. The molecular formula is C9H10BrF2NO. The second kappa shape index (κ2) is 5.24. The smallest absolute Gasteiger partial charge is 0.272 e. The fraction of sp³-hybridized carbons (Fsp3) is 0.444. The summed E-state index contributed by atoms with van der Waals surface area (Å²) in [5.74, 6) is 0.410. The van der Waals surface area contributed by atoms with E-state index >= 15 is 0 Å². The van der Waals surface area contributed by atoms with Crippen LogP contribution in [-0.2, 0) is 5.33 Å². The molecule has 0 spiro atoms. The molecule has 1 aromatic heterocycles. The lowest BCUT2D eigenvalue weighted by atomic mass is 10.3. The van der Waals surface area contributed by atoms with E-state index in [-0.39, 0.29) is 0 Å². The lowest BCUT2D eigenvalue weighted by molar-refractivity contribution is 0.0813. The number of rotatable bonds is 4. The van der Waals surface area contributed by atoms with E-state index in [9.17, 15) is 8.78 Å². The predicted molar refractivity (Wildman–Crippen MR) is 53.1 cm³/mol. The van der Waals surface area contributed by atoms with Gasteiger partial charge in [0, 0.05) is 11.0 Å². The third-order valence-corrected chi connectivity index (χ3v) is 2.09. The Labute approximate surface area is 89.4 Å². The van der Waals surface area contributed by atoms with E-state index in [1.807, 2.05) is 6.92 Å². The molecule has 0 aliphatic carbocycles. The number of pyridine rings is 1. The first kappa shape index (κ1) is 11.4. The molecule has 1 heterocycles. The van der Waals surface area contributed by atoms with Crippen LogP contribution in [0.2, 0.25) is 0 Å². The van der Waals surface area contributed by atoms with Crippen molar-refractivity contribution in [3.8, 4) is 5.75 Å². The van der Waals surface area contributed by atoms with Crippen molar-refractivity contribution in [1.29, 1.82) is 0 Å². The summed E-state index contributed by atoms with van der Waals surface area (Å²) in [6, 6.07) is 3.38. The summed E-state index contributed by atoms with van der Waals surface area (Å²) < 4.78 is 28.7. The first-order valence-corrected chi connectivity index (χ1v) is 5.19. The van der Waals surface area contributed by atoms with Gasteiger partial charge < -0.3 is 4.74 Å². The Morgan fingerprint density at radius 1 is 1.50 bits per heavy atom. The van der Waals surface area contributed by atoms with Gasteiger partial charge in [-0.1, -0.05) is 15.9 Å². The van der Waals surface area contributed by atoms with Crippen LogP contribution in [0.3, 0.4) is 0 Å². The summed E-state index contributed by atoms with van der Waals surface area (Å²) in [4.78, 5) is 4.15. The predicted octanol–water partition coefficient (Wildman–Crippen LogP) is 2.93. The molecule has 0 aliphatic rings. The first-order chi connectivity index (χ1) is 6.63. The third kappa shape index (κ3) is 3.21. The van der Waals surface area contributed by atoms with Crippen molar-refractivity contribution in [1.82, 2.24) is 4.98 Å². The van der Waals surface area contributed by atoms with E-state index in [4.69, 9.17) is 4.74 Å². The normalized spacial score (nSPS) is 10.6. The van der Waals surface area contributed by atoms with Gasteiger partial charge in [0.1, 0.15) is 12.4 Å². The van der Waals surface area contributed by atoms with Gasteiger partial charge in [-0.15, -0.1) is 0 Å². The van der Waals surface area contributed by atoms with E-state index in [2.05, 4.69) is 20.9 Å². The molecule has 0 saturated carbocycles. The minimum atomic E-state index is -2.46. The number of alkyl halides is 3. The zero-order chi connectivity index (χ0) is 10.6. The molecule has 0 amide bonds. The maximum absolute atomic E-state index is 11.9. The molecule has 5 heteroatoms. The molecule has 0 fully saturated rings. The Hall–Kier alpha value is -0.710. The summed E-state index contributed by atoms with van der Waals surface area (Å²) in [5, 5.41) is 0.493. The molecule has 14 heavy (non-hydrogen) atoms. The van der Waals surface area contributed by atoms with Gasteiger partial charge in [-0.25, -0.2) is 8.78 Å². The van der Waals surface area contributed by atoms with Gasteiger partial charge >= 0.3 is 0 Å². The Bertz CT molecular complexity index is 307. The molecule has 0 radical (unpaired) electrons. The van der Waals surface area contributed by atoms with Crippen molar-refractivity contribution in [3.63, 3.8) is 0 Å². The molecule has 78 valence electrons. The van der Waals surface area contributed by atoms with Crippen molar-refractivity contribution in [2.45, 2.75) is 18.7 Å². The zero-order valence-corrected chi connectivity index (χ0v) is 9.22. The summed E-state index contributed by atoms with van der Waals surface area (Å²) in [5.41, 5.74) is 1.48. The number of nitrogens with zero attached hydrogens (tertiary/aromatic N) is 1. The number of aromatic nitrogens is 1. The van der Waals surface area contributed by atoms with E-state index in [1.165, 1.54) is 0 Å². The molecule has 0 N–H and O–H groups in total. The molecule has 0 bridgehead atoms. The van der Waals surface area contributed by atoms with Crippen LogP contribution in [0.25, 0.3) is 0 Å². The highest BCUT2D eigenvalue weighted by Crippen LogP contribution is 2.19. The fourth-order valence-corrected chi connectivity index (χ4v) is 1.38. The maximum Gasteiger partial charge on any atom is 0.272 e. The number of ether oxygens (including phenoxy) is 1. The Morgan fingerprint density at radius 2 is 2.21 bits per heavy atom. The Balaban J connectivity index is 2.75. The Kier molecular flexibility index (Phi) is 4.25. The van der Waals surface area contributed by atoms with Crippen molar-refractivity contribution >= 4 is 15.9 Å². The summed E-state index contributed by atoms with van der Waals surface area (Å²) in [6.45, 7) is 1.24. The average molecular weight is 266 g/mol. The van der Waals surface area contributed by atoms with Crippen molar-refractivity contribution in [2.75, 3.05) is 6.61 Å². The lowest BCUT2D eigenvalue weighted by Gasteiger charge is -2.09. The molecule has 1 aromatic rings. The van der Waals surface area contributed by atoms with Gasteiger partial charge in [-0.2, -0.15) is 0 Å². The van der Waals surface area contributed by atoms with Crippen LogP contribution in [0.1, 0.15) is 11.4 Å². The standard InChI is InChI=1S/C9H10BrF2NO/c1-6-2-3-8(7(4-10)13-6)14-5-9(11)12/h2-3,9H,4-5H2,1H3. The highest BCUT2D eigenvalue weighted by molar-refractivity contribution is 9.08. The molecule has 0 atom stereocenters. The second-order valence-electron chi connectivity index (χ2n) is 2.73. The summed E-state index contributed by atoms with van der Waals surface area (Å²) in [6.07, 6.45) is -2.46. The van der Waals surface area contributed by atoms with Crippen LogP contribution >= 0.6 is 15.9 Å². The van der Waals surface area contributed by atoms with Crippen LogP contribution in [0.5, 0.6) is 5.75 Å². The summed E-state index contributed by atoms with van der Waals surface area (Å²) >= 11 is 3.22. The monoisotopic (exact) mass is 265 g/mol. The number of aryl methyl sites for hydroxylation is 1. The van der Waals surface area contributed by atoms with Crippen molar-refractivity contribution in [2.24, 2.45) is 0 Å². The quantitative estimate of drug-likeness (QED) is 0.782. The number of halogens is 3. The van der Waals surface area contributed by atoms with Crippen LogP contribution in [0.4, 0.5) is 8.78 Å². The van der Waals surface area contributed by atoms with Crippen LogP contribution < -0.4 is 4.74 Å². The van der Waals surface area contributed by atoms with E-state index < -0.39 is 13.0 Å². The molecule has 2 nitrogen and oxygen atoms in total. The highest BCUT2D eigenvalue weighted by atomic mass is 79.9. The van der Waals surface area contributed by atoms with Gasteiger partial charge in [0.05, 0.1) is 5.69 Å². The van der Waals surface area contributed by atoms with Crippen molar-refractivity contribution in [3.05, 3.63) is 23.5 Å². The van der Waals surface area contributed by atoms with Gasteiger partial charge in [0.25, 0.3) is 6.43 Å². The molecule has 0 unspecified atom stereocenters. The minimum Gasteiger partial charge on any atom is -0.486 e. The molecule has 0 saturated heterocycles. The number of hydrogen-bond donors (Lipinski definition) is 0. The highest BCUT2D eigenvalue weighted by Gasteiger charge is 2.08. The van der Waals surface area contributed by atoms with Gasteiger partial charge in [0.2, 0.25) is 0 Å². The van der Waals surface area contributed by atoms with Gasteiger partial charge in [0.15, 0.2) is 0 Å². The van der Waals surface area contributed by atoms with Crippen molar-refractivity contribution < 1.29 is 13.5 Å². The maximum atomic E-state index is 11.9. The molecular weight excluding hydrogens is 256 g/mol. The topological polar surface area (TPSA) is 22.1 Å². The lowest BCUT2D eigenvalue weighted by Crippen LogP contribution is -2.08. The van der Waals surface area contributed by atoms with Crippen LogP contribution in [0.15, 0.2) is 12.1 Å². The first-order valence-electron chi connectivity index (χ1n) is 4.07. The SMILES string of the molecule is Cc1ccc(OCC(F)F)c(CBr)n1. The molecule has 0 aromatic carbocycles. The molecule has 0 aliphatic heterocycles. The number of hydrogen-bond acceptors (Lipinski definition) is 2. The fourth-order valence-electron chi connectivity index (χ4n) is 0.978. The third-order valence-electron chi connectivity index (χ3n) is 1.56. The van der Waals surface area contributed by atoms with Gasteiger partial charge in [-0.3, -0.25) is 4.98 Å². The van der Waals surface area contributed by atoms with E-state index in [1.54, 1.807) is 12.1 Å². The molecule has 1 rings (SSSR count). The summed E-state index contributed by atoms with van der Waals surface area (Å²) in [7, 11) is 0. The van der Waals surface area contributed by atoms with E-state index in [0.717, 1.165) is 5.69 Å². The van der Waals surface area contributed by atoms with E-state index in [0.29, 0.717) is 16.8 Å². The minimum absolute atomic E-state index is 0.410. The second-order valence-corrected chi connectivity index (χ2v) is 3.29. The van der Waals surface area contributed by atoms with Gasteiger partial charge in [-0.05, 0) is 19.1 Å². The largest absolute Gasteiger partial charge is 0.486 e.